The Morgan fingerprint density at radius 3 is 2.48 bits per heavy atom. The lowest BCUT2D eigenvalue weighted by molar-refractivity contribution is -0.123. The van der Waals surface area contributed by atoms with E-state index in [-0.39, 0.29) is 30.5 Å². The fraction of sp³-hybridized carbons (Fsp3) is 0.227. The lowest BCUT2D eigenvalue weighted by Crippen LogP contribution is -2.37. The number of amides is 1. The van der Waals surface area contributed by atoms with Gasteiger partial charge in [-0.15, -0.1) is 0 Å². The van der Waals surface area contributed by atoms with E-state index >= 15 is 0 Å². The minimum Gasteiger partial charge on any atom is -0.484 e. The molecule has 0 spiro atoms. The number of hydrogen-bond acceptors (Lipinski definition) is 4. The predicted octanol–water partition coefficient (Wildman–Crippen LogP) is 2.93. The minimum absolute atomic E-state index is 0.0947. The van der Waals surface area contributed by atoms with Gasteiger partial charge in [-0.1, -0.05) is 42.5 Å². The number of ether oxygens (including phenoxy) is 1. The van der Waals surface area contributed by atoms with E-state index in [1.807, 2.05) is 55.5 Å². The van der Waals surface area contributed by atoms with Gasteiger partial charge in [-0.05, 0) is 53.9 Å². The summed E-state index contributed by atoms with van der Waals surface area (Å²) < 4.78 is 32.9. The third-order valence-electron chi connectivity index (χ3n) is 4.46. The maximum absolute atomic E-state index is 12.4. The molecule has 0 saturated carbocycles. The number of nitrogens with one attached hydrogen (secondary N) is 2. The molecule has 7 heteroatoms. The van der Waals surface area contributed by atoms with Crippen LogP contribution in [0.1, 0.15) is 11.1 Å². The normalized spacial score (nSPS) is 11.4. The smallest absolute Gasteiger partial charge is 0.257 e. The van der Waals surface area contributed by atoms with Gasteiger partial charge in [0.1, 0.15) is 5.75 Å². The topological polar surface area (TPSA) is 84.5 Å². The SMILES string of the molecule is Cc1ccc(C)c(S(=O)(=O)NCCNC(=O)COc2ccc3ccccc3c2)c1. The Kier molecular flexibility index (Phi) is 6.51. The van der Waals surface area contributed by atoms with Crippen molar-refractivity contribution in [3.05, 3.63) is 71.8 Å². The summed E-state index contributed by atoms with van der Waals surface area (Å²) in [6, 6.07) is 18.8. The molecule has 0 atom stereocenters. The van der Waals surface area contributed by atoms with Crippen LogP contribution in [-0.4, -0.2) is 34.0 Å². The van der Waals surface area contributed by atoms with E-state index in [1.165, 1.54) is 0 Å². The van der Waals surface area contributed by atoms with Crippen LogP contribution < -0.4 is 14.8 Å². The van der Waals surface area contributed by atoms with Gasteiger partial charge in [-0.2, -0.15) is 0 Å². The Morgan fingerprint density at radius 1 is 0.931 bits per heavy atom. The summed E-state index contributed by atoms with van der Waals surface area (Å²) in [5.41, 5.74) is 1.55. The van der Waals surface area contributed by atoms with Crippen LogP contribution in [-0.2, 0) is 14.8 Å². The molecular weight excluding hydrogens is 388 g/mol. The molecule has 0 saturated heterocycles. The highest BCUT2D eigenvalue weighted by Gasteiger charge is 2.16. The van der Waals surface area contributed by atoms with Crippen molar-refractivity contribution in [2.24, 2.45) is 0 Å². The second-order valence-electron chi connectivity index (χ2n) is 6.81. The van der Waals surface area contributed by atoms with E-state index < -0.39 is 10.0 Å². The molecule has 0 aliphatic rings. The molecular formula is C22H24N2O4S. The van der Waals surface area contributed by atoms with Crippen LogP contribution >= 0.6 is 0 Å². The summed E-state index contributed by atoms with van der Waals surface area (Å²) in [6.07, 6.45) is 0. The number of aryl methyl sites for hydroxylation is 2. The van der Waals surface area contributed by atoms with Crippen LogP contribution in [0.5, 0.6) is 5.75 Å². The molecule has 1 amide bonds. The van der Waals surface area contributed by atoms with E-state index in [0.29, 0.717) is 11.3 Å². The van der Waals surface area contributed by atoms with Crippen molar-refractivity contribution in [2.75, 3.05) is 19.7 Å². The summed E-state index contributed by atoms with van der Waals surface area (Å²) in [5.74, 6) is 0.290. The summed E-state index contributed by atoms with van der Waals surface area (Å²) in [5, 5.41) is 4.78. The first-order valence-corrected chi connectivity index (χ1v) is 10.8. The van der Waals surface area contributed by atoms with Crippen LogP contribution in [0.15, 0.2) is 65.6 Å². The first-order valence-electron chi connectivity index (χ1n) is 9.30. The molecule has 2 N–H and O–H groups in total. The molecule has 0 aliphatic carbocycles. The Bertz CT molecular complexity index is 1130. The molecule has 0 aromatic heterocycles. The molecule has 0 radical (unpaired) electrons. The molecule has 0 fully saturated rings. The Morgan fingerprint density at radius 2 is 1.69 bits per heavy atom. The van der Waals surface area contributed by atoms with E-state index in [0.717, 1.165) is 16.3 Å². The van der Waals surface area contributed by atoms with Gasteiger partial charge >= 0.3 is 0 Å². The molecule has 0 bridgehead atoms. The number of fused-ring (bicyclic) bond motifs is 1. The standard InChI is InChI=1S/C22H24N2O4S/c1-16-7-8-17(2)21(13-16)29(26,27)24-12-11-23-22(25)15-28-20-10-9-18-5-3-4-6-19(18)14-20/h3-10,13-14,24H,11-12,15H2,1-2H3,(H,23,25). The zero-order valence-electron chi connectivity index (χ0n) is 16.4. The zero-order valence-corrected chi connectivity index (χ0v) is 17.3. The minimum atomic E-state index is -3.62. The first-order chi connectivity index (χ1) is 13.8. The fourth-order valence-electron chi connectivity index (χ4n) is 2.92. The van der Waals surface area contributed by atoms with E-state index in [2.05, 4.69) is 10.0 Å². The second kappa shape index (κ2) is 9.07. The van der Waals surface area contributed by atoms with Crippen molar-refractivity contribution >= 4 is 26.7 Å². The highest BCUT2D eigenvalue weighted by Crippen LogP contribution is 2.20. The lowest BCUT2D eigenvalue weighted by Gasteiger charge is -2.11. The van der Waals surface area contributed by atoms with Crippen molar-refractivity contribution in [2.45, 2.75) is 18.7 Å². The first kappa shape index (κ1) is 20.8. The van der Waals surface area contributed by atoms with Gasteiger partial charge in [-0.3, -0.25) is 4.79 Å². The molecule has 0 aliphatic heterocycles. The molecule has 0 heterocycles. The monoisotopic (exact) mass is 412 g/mol. The quantitative estimate of drug-likeness (QED) is 0.557. The number of carbonyl (C=O) groups excluding carboxylic acids is 1. The van der Waals surface area contributed by atoms with E-state index in [9.17, 15) is 13.2 Å². The van der Waals surface area contributed by atoms with Gasteiger partial charge in [0.05, 0.1) is 4.90 Å². The maximum Gasteiger partial charge on any atom is 0.257 e. The van der Waals surface area contributed by atoms with Gasteiger partial charge in [0.2, 0.25) is 10.0 Å². The third-order valence-corrected chi connectivity index (χ3v) is 6.07. The number of carbonyl (C=O) groups is 1. The van der Waals surface area contributed by atoms with Gasteiger partial charge in [-0.25, -0.2) is 13.1 Å². The van der Waals surface area contributed by atoms with Crippen molar-refractivity contribution in [1.29, 1.82) is 0 Å². The summed E-state index contributed by atoms with van der Waals surface area (Å²) in [4.78, 5) is 12.2. The van der Waals surface area contributed by atoms with Crippen molar-refractivity contribution in [3.8, 4) is 5.75 Å². The maximum atomic E-state index is 12.4. The number of sulfonamides is 1. The van der Waals surface area contributed by atoms with E-state index in [1.54, 1.807) is 19.1 Å². The fourth-order valence-corrected chi connectivity index (χ4v) is 4.28. The van der Waals surface area contributed by atoms with Crippen LogP contribution in [0, 0.1) is 13.8 Å². The number of benzene rings is 3. The van der Waals surface area contributed by atoms with Crippen molar-refractivity contribution in [1.82, 2.24) is 10.0 Å². The average Bonchev–Trinajstić information content (AvgIpc) is 2.71. The third kappa shape index (κ3) is 5.56. The van der Waals surface area contributed by atoms with Gasteiger partial charge in [0.25, 0.3) is 5.91 Å². The van der Waals surface area contributed by atoms with Crippen LogP contribution in [0.4, 0.5) is 0 Å². The number of rotatable bonds is 8. The molecule has 6 nitrogen and oxygen atoms in total. The summed E-state index contributed by atoms with van der Waals surface area (Å²) in [6.45, 7) is 3.72. The van der Waals surface area contributed by atoms with Crippen molar-refractivity contribution in [3.63, 3.8) is 0 Å². The highest BCUT2D eigenvalue weighted by molar-refractivity contribution is 7.89. The molecule has 3 aromatic carbocycles. The van der Waals surface area contributed by atoms with Gasteiger partial charge in [0.15, 0.2) is 6.61 Å². The molecule has 3 aromatic rings. The Hall–Kier alpha value is -2.90. The zero-order chi connectivity index (χ0) is 20.9. The van der Waals surface area contributed by atoms with Gasteiger partial charge < -0.3 is 10.1 Å². The van der Waals surface area contributed by atoms with Crippen LogP contribution in [0.2, 0.25) is 0 Å². The molecule has 152 valence electrons. The Balaban J connectivity index is 1.45. The summed E-state index contributed by atoms with van der Waals surface area (Å²) >= 11 is 0. The van der Waals surface area contributed by atoms with Crippen molar-refractivity contribution < 1.29 is 17.9 Å². The predicted molar refractivity (Wildman–Crippen MR) is 114 cm³/mol. The average molecular weight is 413 g/mol. The lowest BCUT2D eigenvalue weighted by atomic mass is 10.1. The Labute approximate surface area is 170 Å². The molecule has 0 unspecified atom stereocenters. The molecule has 3 rings (SSSR count). The largest absolute Gasteiger partial charge is 0.484 e. The van der Waals surface area contributed by atoms with Crippen LogP contribution in [0.3, 0.4) is 0 Å². The second-order valence-corrected chi connectivity index (χ2v) is 8.55. The van der Waals surface area contributed by atoms with Crippen LogP contribution in [0.25, 0.3) is 10.8 Å². The number of hydrogen-bond donors (Lipinski definition) is 2. The molecule has 29 heavy (non-hydrogen) atoms. The highest BCUT2D eigenvalue weighted by atomic mass is 32.2. The summed E-state index contributed by atoms with van der Waals surface area (Å²) in [7, 11) is -3.62. The van der Waals surface area contributed by atoms with Gasteiger partial charge in [0, 0.05) is 13.1 Å². The van der Waals surface area contributed by atoms with E-state index in [4.69, 9.17) is 4.74 Å².